The first-order valence-electron chi connectivity index (χ1n) is 10.9. The van der Waals surface area contributed by atoms with Crippen LogP contribution in [-0.2, 0) is 11.2 Å². The molecule has 12 heteroatoms. The van der Waals surface area contributed by atoms with Crippen molar-refractivity contribution >= 4 is 40.8 Å². The number of nitrogens with one attached hydrogen (secondary N) is 1. The molecule has 2 fully saturated rings. The summed E-state index contributed by atoms with van der Waals surface area (Å²) in [6.45, 7) is 1.42. The molecule has 0 bridgehead atoms. The molecule has 2 atom stereocenters. The van der Waals surface area contributed by atoms with Crippen LogP contribution in [0.4, 0.5) is 10.5 Å². The van der Waals surface area contributed by atoms with E-state index < -0.39 is 11.6 Å². The van der Waals surface area contributed by atoms with Crippen molar-refractivity contribution in [2.45, 2.75) is 17.9 Å². The first-order chi connectivity index (χ1) is 16.8. The lowest BCUT2D eigenvalue weighted by molar-refractivity contribution is -0.124. The van der Waals surface area contributed by atoms with E-state index in [1.165, 1.54) is 4.90 Å². The Morgan fingerprint density at radius 3 is 2.51 bits per heavy atom. The molecule has 178 valence electrons. The lowest BCUT2D eigenvalue weighted by Gasteiger charge is -2.34. The van der Waals surface area contributed by atoms with Gasteiger partial charge in [0.1, 0.15) is 5.54 Å². The van der Waals surface area contributed by atoms with Gasteiger partial charge in [-0.25, -0.2) is 9.69 Å². The zero-order valence-electron chi connectivity index (χ0n) is 18.7. The van der Waals surface area contributed by atoms with Gasteiger partial charge in [0.05, 0.1) is 17.3 Å². The highest BCUT2D eigenvalue weighted by Gasteiger charge is 2.64. The van der Waals surface area contributed by atoms with E-state index in [2.05, 4.69) is 31.6 Å². The fourth-order valence-corrected chi connectivity index (χ4v) is 5.52. The molecule has 2 aliphatic heterocycles. The maximum atomic E-state index is 14.1. The lowest BCUT2D eigenvalue weighted by atomic mass is 9.80. The van der Waals surface area contributed by atoms with Crippen molar-refractivity contribution in [3.8, 4) is 6.07 Å². The van der Waals surface area contributed by atoms with Crippen LogP contribution in [-0.4, -0.2) is 74.6 Å². The van der Waals surface area contributed by atoms with Gasteiger partial charge < -0.3 is 4.90 Å². The summed E-state index contributed by atoms with van der Waals surface area (Å²) in [4.78, 5) is 32.4. The number of amides is 3. The number of likely N-dealkylation sites (tertiary alicyclic amines) is 1. The number of urea groups is 1. The molecule has 0 saturated carbocycles. The Kier molecular flexibility index (Phi) is 5.92. The highest BCUT2D eigenvalue weighted by atomic mass is 35.5. The topological polar surface area (TPSA) is 122 Å². The van der Waals surface area contributed by atoms with E-state index in [-0.39, 0.29) is 11.8 Å². The summed E-state index contributed by atoms with van der Waals surface area (Å²) in [7, 11) is 1.64. The molecule has 2 unspecified atom stereocenters. The zero-order chi connectivity index (χ0) is 24.7. The number of halogens is 2. The standard InChI is InChI=1S/C23H20Cl2N8O2/c1-31-22(35)33(18-9-16(24)8-17(25)10-18)21(34)23(31)13-32(7-6-20-27-29-30-28-20)12-19(23)15-4-2-14(11-26)3-5-15/h2-5,8-10,19H,6-7,12-13H2,1H3,(H,27,28,29,30). The number of nitriles is 1. The average Bonchev–Trinajstić information content (AvgIpc) is 3.54. The number of benzene rings is 2. The first-order valence-corrected chi connectivity index (χ1v) is 11.6. The number of carbonyl (C=O) groups excluding carboxylic acids is 2. The second-order valence-electron chi connectivity index (χ2n) is 8.63. The largest absolute Gasteiger partial charge is 0.332 e. The summed E-state index contributed by atoms with van der Waals surface area (Å²) >= 11 is 12.4. The second-order valence-corrected chi connectivity index (χ2v) is 9.51. The van der Waals surface area contributed by atoms with Gasteiger partial charge in [0.25, 0.3) is 5.91 Å². The average molecular weight is 511 g/mol. The van der Waals surface area contributed by atoms with Gasteiger partial charge >= 0.3 is 6.03 Å². The highest BCUT2D eigenvalue weighted by molar-refractivity contribution is 6.35. The van der Waals surface area contributed by atoms with E-state index >= 15 is 0 Å². The third kappa shape index (κ3) is 3.91. The normalized spacial score (nSPS) is 22.4. The summed E-state index contributed by atoms with van der Waals surface area (Å²) in [5.74, 6) is -0.111. The van der Waals surface area contributed by atoms with Gasteiger partial charge in [-0.2, -0.15) is 10.5 Å². The Labute approximate surface area is 211 Å². The maximum Gasteiger partial charge on any atom is 0.332 e. The van der Waals surface area contributed by atoms with Crippen molar-refractivity contribution in [2.75, 3.05) is 31.6 Å². The number of likely N-dealkylation sites (N-methyl/N-ethyl adjacent to an activating group) is 1. The van der Waals surface area contributed by atoms with Crippen LogP contribution in [0.25, 0.3) is 0 Å². The van der Waals surface area contributed by atoms with Crippen LogP contribution < -0.4 is 4.90 Å². The smallest absolute Gasteiger partial charge is 0.310 e. The minimum atomic E-state index is -1.16. The van der Waals surface area contributed by atoms with Gasteiger partial charge in [-0.05, 0) is 35.9 Å². The molecule has 1 aromatic heterocycles. The van der Waals surface area contributed by atoms with Crippen LogP contribution in [0, 0.1) is 11.3 Å². The Bertz CT molecular complexity index is 1300. The number of nitrogens with zero attached hydrogens (tertiary/aromatic N) is 7. The molecule has 35 heavy (non-hydrogen) atoms. The molecule has 1 N–H and O–H groups in total. The summed E-state index contributed by atoms with van der Waals surface area (Å²) < 4.78 is 0. The van der Waals surface area contributed by atoms with Gasteiger partial charge in [-0.1, -0.05) is 40.5 Å². The number of H-pyrrole nitrogens is 1. The SMILES string of the molecule is CN1C(=O)N(c2cc(Cl)cc(Cl)c2)C(=O)C12CN(CCc1nn[nH]n1)CC2c1ccc(C#N)cc1. The number of aromatic nitrogens is 4. The van der Waals surface area contributed by atoms with E-state index in [1.807, 2.05) is 12.1 Å². The van der Waals surface area contributed by atoms with Crippen molar-refractivity contribution in [1.29, 1.82) is 5.26 Å². The van der Waals surface area contributed by atoms with Crippen LogP contribution in [0.15, 0.2) is 42.5 Å². The molecule has 0 radical (unpaired) electrons. The van der Waals surface area contributed by atoms with Crippen molar-refractivity contribution in [2.24, 2.45) is 0 Å². The van der Waals surface area contributed by atoms with Gasteiger partial charge in [-0.15, -0.1) is 10.2 Å². The van der Waals surface area contributed by atoms with E-state index in [4.69, 9.17) is 23.2 Å². The van der Waals surface area contributed by atoms with Crippen LogP contribution in [0.3, 0.4) is 0 Å². The molecule has 2 aromatic carbocycles. The van der Waals surface area contributed by atoms with Gasteiger partial charge in [-0.3, -0.25) is 9.69 Å². The summed E-state index contributed by atoms with van der Waals surface area (Å²) in [6.07, 6.45) is 0.534. The molecular formula is C23H20Cl2N8O2. The second kappa shape index (κ2) is 8.92. The highest BCUT2D eigenvalue weighted by Crippen LogP contribution is 2.46. The van der Waals surface area contributed by atoms with E-state index in [9.17, 15) is 14.9 Å². The first kappa shape index (κ1) is 23.2. The molecule has 2 saturated heterocycles. The molecule has 3 heterocycles. The van der Waals surface area contributed by atoms with Crippen molar-refractivity contribution in [3.63, 3.8) is 0 Å². The number of rotatable bonds is 5. The minimum Gasteiger partial charge on any atom is -0.310 e. The third-order valence-electron chi connectivity index (χ3n) is 6.72. The Balaban J connectivity index is 1.54. The maximum absolute atomic E-state index is 14.1. The van der Waals surface area contributed by atoms with E-state index in [0.29, 0.717) is 53.2 Å². The number of carbonyl (C=O) groups is 2. The molecule has 10 nitrogen and oxygen atoms in total. The molecule has 5 rings (SSSR count). The van der Waals surface area contributed by atoms with Gasteiger partial charge in [0.2, 0.25) is 0 Å². The van der Waals surface area contributed by atoms with Crippen molar-refractivity contribution in [1.82, 2.24) is 30.4 Å². The van der Waals surface area contributed by atoms with Crippen molar-refractivity contribution < 1.29 is 9.59 Å². The number of anilines is 1. The molecule has 1 spiro atoms. The number of imide groups is 1. The van der Waals surface area contributed by atoms with Crippen molar-refractivity contribution in [3.05, 3.63) is 69.5 Å². The summed E-state index contributed by atoms with van der Waals surface area (Å²) in [5, 5.41) is 23.9. The number of hydrogen-bond donors (Lipinski definition) is 1. The monoisotopic (exact) mass is 510 g/mol. The lowest BCUT2D eigenvalue weighted by Crippen LogP contribution is -2.53. The van der Waals surface area contributed by atoms with Gasteiger partial charge in [0, 0.05) is 49.1 Å². The molecular weight excluding hydrogens is 491 g/mol. The number of aromatic amines is 1. The predicted molar refractivity (Wildman–Crippen MR) is 128 cm³/mol. The zero-order valence-corrected chi connectivity index (χ0v) is 20.2. The minimum absolute atomic E-state index is 0.321. The predicted octanol–water partition coefficient (Wildman–Crippen LogP) is 2.86. The number of hydrogen-bond acceptors (Lipinski definition) is 7. The fraction of sp³-hybridized carbons (Fsp3) is 0.304. The Morgan fingerprint density at radius 1 is 1.17 bits per heavy atom. The van der Waals surface area contributed by atoms with E-state index in [1.54, 1.807) is 37.4 Å². The van der Waals surface area contributed by atoms with Crippen LogP contribution in [0.1, 0.15) is 22.9 Å². The molecule has 3 amide bonds. The third-order valence-corrected chi connectivity index (χ3v) is 7.16. The number of tetrazole rings is 1. The van der Waals surface area contributed by atoms with Crippen LogP contribution in [0.2, 0.25) is 10.0 Å². The molecule has 2 aliphatic rings. The van der Waals surface area contributed by atoms with E-state index in [0.717, 1.165) is 10.5 Å². The van der Waals surface area contributed by atoms with Crippen LogP contribution in [0.5, 0.6) is 0 Å². The molecule has 3 aromatic rings. The fourth-order valence-electron chi connectivity index (χ4n) is 5.01. The molecule has 0 aliphatic carbocycles. The van der Waals surface area contributed by atoms with Crippen LogP contribution >= 0.6 is 23.2 Å². The van der Waals surface area contributed by atoms with Gasteiger partial charge in [0.15, 0.2) is 5.82 Å². The quantitative estimate of drug-likeness (QED) is 0.523. The Morgan fingerprint density at radius 2 is 1.89 bits per heavy atom. The Hall–Kier alpha value is -3.52. The summed E-state index contributed by atoms with van der Waals surface area (Å²) in [5.41, 5.74) is 0.555. The summed E-state index contributed by atoms with van der Waals surface area (Å²) in [6, 6.07) is 13.5.